The second-order valence-electron chi connectivity index (χ2n) is 10.7. The highest BCUT2D eigenvalue weighted by Gasteiger charge is 2.37. The molecule has 0 aliphatic carbocycles. The van der Waals surface area contributed by atoms with Crippen LogP contribution in [0.4, 0.5) is 10.2 Å². The first-order chi connectivity index (χ1) is 16.9. The monoisotopic (exact) mass is 509 g/mol. The van der Waals surface area contributed by atoms with Gasteiger partial charge in [-0.05, 0) is 43.5 Å². The van der Waals surface area contributed by atoms with E-state index < -0.39 is 0 Å². The molecule has 1 amide bonds. The summed E-state index contributed by atoms with van der Waals surface area (Å²) < 4.78 is 14.7. The van der Waals surface area contributed by atoms with Crippen molar-refractivity contribution in [3.8, 4) is 11.3 Å². The summed E-state index contributed by atoms with van der Waals surface area (Å²) in [5.41, 5.74) is 1.41. The van der Waals surface area contributed by atoms with Gasteiger partial charge in [0.15, 0.2) is 0 Å². The van der Waals surface area contributed by atoms with Crippen molar-refractivity contribution >= 4 is 29.2 Å². The molecule has 2 atom stereocenters. The van der Waals surface area contributed by atoms with Crippen LogP contribution in [0.2, 0.25) is 5.02 Å². The molecule has 3 heterocycles. The maximum Gasteiger partial charge on any atom is 0.246 e. The van der Waals surface area contributed by atoms with Gasteiger partial charge in [0.25, 0.3) is 0 Å². The van der Waals surface area contributed by atoms with E-state index in [1.165, 1.54) is 12.1 Å². The van der Waals surface area contributed by atoms with E-state index in [4.69, 9.17) is 21.6 Å². The van der Waals surface area contributed by atoms with E-state index in [0.29, 0.717) is 53.4 Å². The molecule has 6 nitrogen and oxygen atoms in total. The van der Waals surface area contributed by atoms with Gasteiger partial charge in [-0.15, -0.1) is 0 Å². The van der Waals surface area contributed by atoms with Crippen LogP contribution < -0.4 is 4.90 Å². The average Bonchev–Trinajstić information content (AvgIpc) is 2.81. The number of hydrogen-bond acceptors (Lipinski definition) is 5. The lowest BCUT2D eigenvalue weighted by Crippen LogP contribution is -2.60. The van der Waals surface area contributed by atoms with Gasteiger partial charge in [0.1, 0.15) is 23.3 Å². The second kappa shape index (κ2) is 9.69. The maximum atomic E-state index is 14.7. The normalized spacial score (nSPS) is 20.2. The molecule has 1 aromatic carbocycles. The number of benzene rings is 1. The fourth-order valence-corrected chi connectivity index (χ4v) is 5.02. The lowest BCUT2D eigenvalue weighted by molar-refractivity contribution is -0.130. The number of carbonyl (C=O) groups excluding carboxylic acids is 1. The van der Waals surface area contributed by atoms with E-state index in [1.54, 1.807) is 18.2 Å². The number of piperazine rings is 1. The molecule has 8 heteroatoms. The highest BCUT2D eigenvalue weighted by Crippen LogP contribution is 2.39. The Morgan fingerprint density at radius 1 is 1.19 bits per heavy atom. The van der Waals surface area contributed by atoms with Crippen molar-refractivity contribution in [3.63, 3.8) is 0 Å². The number of halogens is 2. The molecule has 2 aliphatic heterocycles. The number of amides is 1. The fourth-order valence-electron chi connectivity index (χ4n) is 4.76. The van der Waals surface area contributed by atoms with Gasteiger partial charge < -0.3 is 14.7 Å². The molecule has 36 heavy (non-hydrogen) atoms. The van der Waals surface area contributed by atoms with Crippen LogP contribution in [0.3, 0.4) is 0 Å². The number of aliphatic imine (C=N–C) groups is 1. The number of anilines is 1. The summed E-state index contributed by atoms with van der Waals surface area (Å²) in [7, 11) is 0. The molecule has 1 saturated heterocycles. The van der Waals surface area contributed by atoms with Crippen LogP contribution in [0.25, 0.3) is 11.3 Å². The maximum absolute atomic E-state index is 14.7. The molecular weight excluding hydrogens is 477 g/mol. The Morgan fingerprint density at radius 2 is 1.89 bits per heavy atom. The summed E-state index contributed by atoms with van der Waals surface area (Å²) in [6.07, 6.45) is 1.35. The molecule has 1 aromatic heterocycles. The zero-order valence-electron chi connectivity index (χ0n) is 21.6. The van der Waals surface area contributed by atoms with Crippen LogP contribution in [0.15, 0.2) is 60.4 Å². The summed E-state index contributed by atoms with van der Waals surface area (Å²) in [4.78, 5) is 28.2. The zero-order chi connectivity index (χ0) is 26.4. The summed E-state index contributed by atoms with van der Waals surface area (Å²) in [5, 5.41) is 0.343. The Balaban J connectivity index is 1.83. The molecule has 190 valence electrons. The van der Waals surface area contributed by atoms with Gasteiger partial charge in [-0.3, -0.25) is 4.79 Å². The summed E-state index contributed by atoms with van der Waals surface area (Å²) in [6.45, 7) is 20.1. The minimum absolute atomic E-state index is 0.0105. The standard InChI is InChI=1S/C28H33ClFN5O/c1-8-24(36)33-14-18(3)34(15-17(33)2)26-21-13-22(29)25(20-11-9-10-12-23(20)30)32-27(21)35(19(4)31-26)16-28(5,6)7/h8-13,17-18H,1,4,14-16H2,2-3,5-7H3. The van der Waals surface area contributed by atoms with E-state index in [0.717, 1.165) is 5.56 Å². The van der Waals surface area contributed by atoms with E-state index in [2.05, 4.69) is 45.8 Å². The van der Waals surface area contributed by atoms with Crippen molar-refractivity contribution in [1.82, 2.24) is 14.8 Å². The molecule has 2 aromatic rings. The number of aromatic nitrogens is 1. The molecule has 0 saturated carbocycles. The quantitative estimate of drug-likeness (QED) is 0.496. The van der Waals surface area contributed by atoms with Crippen molar-refractivity contribution in [2.24, 2.45) is 10.4 Å². The highest BCUT2D eigenvalue weighted by molar-refractivity contribution is 6.33. The number of carbonyl (C=O) groups is 1. The van der Waals surface area contributed by atoms with Crippen LogP contribution in [-0.2, 0) is 4.79 Å². The molecular formula is C28H33ClFN5O. The van der Waals surface area contributed by atoms with Crippen molar-refractivity contribution < 1.29 is 9.18 Å². The summed E-state index contributed by atoms with van der Waals surface area (Å²) in [5.74, 6) is 1.45. The van der Waals surface area contributed by atoms with Crippen molar-refractivity contribution in [2.45, 2.75) is 46.7 Å². The van der Waals surface area contributed by atoms with Gasteiger partial charge in [-0.25, -0.2) is 14.4 Å². The van der Waals surface area contributed by atoms with E-state index in [1.807, 2.05) is 22.8 Å². The largest absolute Gasteiger partial charge is 0.349 e. The number of nitrogens with zero attached hydrogens (tertiary/aromatic N) is 5. The molecule has 0 radical (unpaired) electrons. The van der Waals surface area contributed by atoms with Crippen LogP contribution in [0.5, 0.6) is 0 Å². The average molecular weight is 510 g/mol. The Bertz CT molecular complexity index is 1250. The number of hydrogen-bond donors (Lipinski definition) is 0. The summed E-state index contributed by atoms with van der Waals surface area (Å²) >= 11 is 6.73. The molecule has 0 spiro atoms. The third-order valence-corrected chi connectivity index (χ3v) is 6.76. The van der Waals surface area contributed by atoms with Gasteiger partial charge in [0, 0.05) is 37.3 Å². The Labute approximate surface area is 217 Å². The summed E-state index contributed by atoms with van der Waals surface area (Å²) in [6, 6.07) is 8.26. The first-order valence-electron chi connectivity index (χ1n) is 12.1. The zero-order valence-corrected chi connectivity index (χ0v) is 22.3. The van der Waals surface area contributed by atoms with E-state index in [-0.39, 0.29) is 29.2 Å². The number of rotatable bonds is 3. The minimum Gasteiger partial charge on any atom is -0.349 e. The van der Waals surface area contributed by atoms with Crippen molar-refractivity contribution in [1.29, 1.82) is 0 Å². The predicted octanol–water partition coefficient (Wildman–Crippen LogP) is 5.73. The van der Waals surface area contributed by atoms with Gasteiger partial charge in [0.2, 0.25) is 5.91 Å². The van der Waals surface area contributed by atoms with E-state index in [9.17, 15) is 9.18 Å². The predicted molar refractivity (Wildman–Crippen MR) is 145 cm³/mol. The number of fused-ring (bicyclic) bond motifs is 1. The van der Waals surface area contributed by atoms with Gasteiger partial charge in [-0.1, -0.05) is 57.7 Å². The molecule has 2 aliphatic rings. The first kappa shape index (κ1) is 25.9. The third kappa shape index (κ3) is 4.89. The van der Waals surface area contributed by atoms with E-state index >= 15 is 0 Å². The number of amidine groups is 1. The van der Waals surface area contributed by atoms with Gasteiger partial charge in [-0.2, -0.15) is 0 Å². The van der Waals surface area contributed by atoms with Crippen molar-refractivity contribution in [2.75, 3.05) is 24.5 Å². The van der Waals surface area contributed by atoms with Crippen LogP contribution in [0.1, 0.15) is 40.2 Å². The molecule has 2 unspecified atom stereocenters. The number of pyridine rings is 1. The van der Waals surface area contributed by atoms with Gasteiger partial charge >= 0.3 is 0 Å². The fraction of sp³-hybridized carbons (Fsp3) is 0.393. The van der Waals surface area contributed by atoms with Crippen LogP contribution in [-0.4, -0.2) is 58.2 Å². The minimum atomic E-state index is -0.386. The Hall–Kier alpha value is -3.19. The van der Waals surface area contributed by atoms with Crippen LogP contribution in [0, 0.1) is 11.2 Å². The van der Waals surface area contributed by atoms with Crippen molar-refractivity contribution in [3.05, 3.63) is 71.8 Å². The molecule has 4 rings (SSSR count). The highest BCUT2D eigenvalue weighted by atomic mass is 35.5. The smallest absolute Gasteiger partial charge is 0.246 e. The SMILES string of the molecule is C=CC(=O)N1CC(C)N(C2=NC(=C)N(CC(C)(C)C)c3nc(-c4ccccc4F)c(Cl)cc32)CC1C. The molecule has 0 bridgehead atoms. The Kier molecular flexibility index (Phi) is 6.97. The lowest BCUT2D eigenvalue weighted by Gasteiger charge is -2.46. The third-order valence-electron chi connectivity index (χ3n) is 6.48. The lowest BCUT2D eigenvalue weighted by atomic mass is 9.95. The Morgan fingerprint density at radius 3 is 2.53 bits per heavy atom. The van der Waals surface area contributed by atoms with Crippen LogP contribution >= 0.6 is 11.6 Å². The topological polar surface area (TPSA) is 52.0 Å². The molecule has 0 N–H and O–H groups in total. The first-order valence-corrected chi connectivity index (χ1v) is 12.5. The molecule has 1 fully saturated rings. The van der Waals surface area contributed by atoms with Gasteiger partial charge in [0.05, 0.1) is 16.3 Å². The second-order valence-corrected chi connectivity index (χ2v) is 11.1.